The minimum absolute atomic E-state index is 0.204. The third-order valence-electron chi connectivity index (χ3n) is 3.47. The highest BCUT2D eigenvalue weighted by Gasteiger charge is 2.20. The van der Waals surface area contributed by atoms with Crippen LogP contribution >= 0.6 is 0 Å². The van der Waals surface area contributed by atoms with Crippen molar-refractivity contribution in [3.8, 4) is 0 Å². The molecule has 18 heavy (non-hydrogen) atoms. The van der Waals surface area contributed by atoms with Crippen LogP contribution in [0.5, 0.6) is 0 Å². The summed E-state index contributed by atoms with van der Waals surface area (Å²) in [6.45, 7) is 3.16. The summed E-state index contributed by atoms with van der Waals surface area (Å²) in [6.07, 6.45) is 3.04. The van der Waals surface area contributed by atoms with Gasteiger partial charge in [0.1, 0.15) is 11.6 Å². The Balaban J connectivity index is 1.83. The molecule has 2 aromatic rings. The summed E-state index contributed by atoms with van der Waals surface area (Å²) in [7, 11) is 0. The van der Waals surface area contributed by atoms with E-state index in [0.29, 0.717) is 12.3 Å². The van der Waals surface area contributed by atoms with Crippen molar-refractivity contribution in [2.75, 3.05) is 0 Å². The Hall–Kier alpha value is -1.71. The van der Waals surface area contributed by atoms with Crippen LogP contribution in [0, 0.1) is 5.82 Å². The normalized spacial score (nSPS) is 18.7. The molecule has 1 aromatic heterocycles. The number of halogens is 1. The molecular formula is C14H16FN3. The van der Waals surface area contributed by atoms with E-state index in [1.807, 2.05) is 4.68 Å². The topological polar surface area (TPSA) is 30.7 Å². The van der Waals surface area contributed by atoms with Gasteiger partial charge >= 0.3 is 0 Å². The SMILES string of the molecule is CC1CCCn2nc(Cc3ccc(F)cc3)nc21. The van der Waals surface area contributed by atoms with Crippen LogP contribution in [0.1, 0.15) is 42.9 Å². The molecule has 0 amide bonds. The van der Waals surface area contributed by atoms with E-state index in [9.17, 15) is 4.39 Å². The zero-order valence-corrected chi connectivity index (χ0v) is 10.4. The summed E-state index contributed by atoms with van der Waals surface area (Å²) in [5.41, 5.74) is 1.05. The molecule has 4 heteroatoms. The van der Waals surface area contributed by atoms with Crippen LogP contribution in [0.3, 0.4) is 0 Å². The molecule has 0 spiro atoms. The van der Waals surface area contributed by atoms with E-state index in [1.165, 1.54) is 25.0 Å². The first kappa shape index (κ1) is 11.4. The summed E-state index contributed by atoms with van der Waals surface area (Å²) in [4.78, 5) is 4.61. The van der Waals surface area contributed by atoms with Crippen molar-refractivity contribution in [1.29, 1.82) is 0 Å². The van der Waals surface area contributed by atoms with E-state index < -0.39 is 0 Å². The van der Waals surface area contributed by atoms with Crippen LogP contribution in [-0.2, 0) is 13.0 Å². The Kier molecular flexibility index (Phi) is 2.86. The molecule has 0 bridgehead atoms. The van der Waals surface area contributed by atoms with Crippen molar-refractivity contribution in [3.05, 3.63) is 47.3 Å². The van der Waals surface area contributed by atoms with E-state index in [1.54, 1.807) is 12.1 Å². The van der Waals surface area contributed by atoms with Gasteiger partial charge < -0.3 is 0 Å². The first-order valence-corrected chi connectivity index (χ1v) is 6.40. The molecule has 1 unspecified atom stereocenters. The Morgan fingerprint density at radius 1 is 1.33 bits per heavy atom. The average molecular weight is 245 g/mol. The van der Waals surface area contributed by atoms with E-state index in [-0.39, 0.29) is 5.82 Å². The van der Waals surface area contributed by atoms with Gasteiger partial charge in [0.25, 0.3) is 0 Å². The summed E-state index contributed by atoms with van der Waals surface area (Å²) in [5, 5.41) is 4.53. The van der Waals surface area contributed by atoms with Crippen molar-refractivity contribution in [3.63, 3.8) is 0 Å². The summed E-state index contributed by atoms with van der Waals surface area (Å²) in [5.74, 6) is 2.22. The molecule has 0 N–H and O–H groups in total. The number of hydrogen-bond donors (Lipinski definition) is 0. The predicted octanol–water partition coefficient (Wildman–Crippen LogP) is 2.91. The van der Waals surface area contributed by atoms with Gasteiger partial charge in [0.05, 0.1) is 0 Å². The zero-order valence-electron chi connectivity index (χ0n) is 10.4. The summed E-state index contributed by atoms with van der Waals surface area (Å²) in [6, 6.07) is 6.54. The molecule has 0 aliphatic carbocycles. The third-order valence-corrected chi connectivity index (χ3v) is 3.47. The van der Waals surface area contributed by atoms with Gasteiger partial charge in [0.2, 0.25) is 0 Å². The highest BCUT2D eigenvalue weighted by atomic mass is 19.1. The van der Waals surface area contributed by atoms with Crippen molar-refractivity contribution in [2.24, 2.45) is 0 Å². The number of fused-ring (bicyclic) bond motifs is 1. The number of hydrogen-bond acceptors (Lipinski definition) is 2. The first-order chi connectivity index (χ1) is 8.72. The lowest BCUT2D eigenvalue weighted by Gasteiger charge is -2.17. The molecule has 0 saturated heterocycles. The summed E-state index contributed by atoms with van der Waals surface area (Å²) < 4.78 is 14.8. The molecular weight excluding hydrogens is 229 g/mol. The molecule has 1 aromatic carbocycles. The molecule has 3 rings (SSSR count). The minimum Gasteiger partial charge on any atom is -0.250 e. The van der Waals surface area contributed by atoms with Gasteiger partial charge in [0.15, 0.2) is 5.82 Å². The maximum atomic E-state index is 12.8. The molecule has 1 aliphatic rings. The van der Waals surface area contributed by atoms with Crippen molar-refractivity contribution < 1.29 is 4.39 Å². The van der Waals surface area contributed by atoms with Crippen LogP contribution < -0.4 is 0 Å². The van der Waals surface area contributed by atoms with Crippen LogP contribution in [0.15, 0.2) is 24.3 Å². The number of nitrogens with zero attached hydrogens (tertiary/aromatic N) is 3. The van der Waals surface area contributed by atoms with E-state index >= 15 is 0 Å². The molecule has 1 atom stereocenters. The quantitative estimate of drug-likeness (QED) is 0.814. The second kappa shape index (κ2) is 4.52. The van der Waals surface area contributed by atoms with Crippen LogP contribution in [0.25, 0.3) is 0 Å². The van der Waals surface area contributed by atoms with Crippen LogP contribution in [0.4, 0.5) is 4.39 Å². The monoisotopic (exact) mass is 245 g/mol. The van der Waals surface area contributed by atoms with Crippen molar-refractivity contribution in [2.45, 2.75) is 38.6 Å². The number of rotatable bonds is 2. The molecule has 1 aliphatic heterocycles. The lowest BCUT2D eigenvalue weighted by atomic mass is 10.0. The Bertz CT molecular complexity index is 545. The maximum Gasteiger partial charge on any atom is 0.155 e. The second-order valence-corrected chi connectivity index (χ2v) is 4.96. The van der Waals surface area contributed by atoms with Crippen molar-refractivity contribution >= 4 is 0 Å². The van der Waals surface area contributed by atoms with Crippen LogP contribution in [0.2, 0.25) is 0 Å². The maximum absolute atomic E-state index is 12.8. The zero-order chi connectivity index (χ0) is 12.5. The van der Waals surface area contributed by atoms with E-state index in [4.69, 9.17) is 0 Å². The van der Waals surface area contributed by atoms with Gasteiger partial charge in [-0.15, -0.1) is 0 Å². The van der Waals surface area contributed by atoms with Gasteiger partial charge in [-0.05, 0) is 30.5 Å². The summed E-state index contributed by atoms with van der Waals surface area (Å²) >= 11 is 0. The number of benzene rings is 1. The Morgan fingerprint density at radius 2 is 2.11 bits per heavy atom. The third kappa shape index (κ3) is 2.15. The first-order valence-electron chi connectivity index (χ1n) is 6.40. The van der Waals surface area contributed by atoms with Gasteiger partial charge in [-0.2, -0.15) is 5.10 Å². The average Bonchev–Trinajstić information content (AvgIpc) is 2.76. The Morgan fingerprint density at radius 3 is 2.83 bits per heavy atom. The van der Waals surface area contributed by atoms with E-state index in [2.05, 4.69) is 17.0 Å². The van der Waals surface area contributed by atoms with Gasteiger partial charge in [-0.25, -0.2) is 14.1 Å². The predicted molar refractivity (Wildman–Crippen MR) is 66.9 cm³/mol. The second-order valence-electron chi connectivity index (χ2n) is 4.96. The minimum atomic E-state index is -0.204. The largest absolute Gasteiger partial charge is 0.250 e. The Labute approximate surface area is 106 Å². The number of aryl methyl sites for hydroxylation is 1. The van der Waals surface area contributed by atoms with E-state index in [0.717, 1.165) is 23.8 Å². The fourth-order valence-electron chi connectivity index (χ4n) is 2.47. The highest BCUT2D eigenvalue weighted by molar-refractivity contribution is 5.20. The molecule has 0 fully saturated rings. The van der Waals surface area contributed by atoms with Gasteiger partial charge in [0, 0.05) is 18.9 Å². The standard InChI is InChI=1S/C14H16FN3/c1-10-3-2-8-18-14(10)16-13(17-18)9-11-4-6-12(15)7-5-11/h4-7,10H,2-3,8-9H2,1H3. The number of aromatic nitrogens is 3. The highest BCUT2D eigenvalue weighted by Crippen LogP contribution is 2.24. The molecule has 0 saturated carbocycles. The van der Waals surface area contributed by atoms with Crippen LogP contribution in [-0.4, -0.2) is 14.8 Å². The smallest absolute Gasteiger partial charge is 0.155 e. The molecule has 0 radical (unpaired) electrons. The fraction of sp³-hybridized carbons (Fsp3) is 0.429. The van der Waals surface area contributed by atoms with Gasteiger partial charge in [-0.3, -0.25) is 0 Å². The fourth-order valence-corrected chi connectivity index (χ4v) is 2.47. The van der Waals surface area contributed by atoms with Gasteiger partial charge in [-0.1, -0.05) is 19.1 Å². The lowest BCUT2D eigenvalue weighted by molar-refractivity contribution is 0.431. The van der Waals surface area contributed by atoms with Crippen molar-refractivity contribution in [1.82, 2.24) is 14.8 Å². The lowest BCUT2D eigenvalue weighted by Crippen LogP contribution is -2.14. The molecule has 3 nitrogen and oxygen atoms in total. The molecule has 94 valence electrons. The molecule has 2 heterocycles.